The van der Waals surface area contributed by atoms with Gasteiger partial charge in [-0.3, -0.25) is 4.98 Å². The van der Waals surface area contributed by atoms with Crippen LogP contribution in [0.5, 0.6) is 5.75 Å². The predicted molar refractivity (Wildman–Crippen MR) is 83.4 cm³/mol. The van der Waals surface area contributed by atoms with Crippen LogP contribution < -0.4 is 4.74 Å². The van der Waals surface area contributed by atoms with E-state index in [0.29, 0.717) is 12.5 Å². The minimum Gasteiger partial charge on any atom is -0.493 e. The van der Waals surface area contributed by atoms with E-state index in [4.69, 9.17) is 21.4 Å². The van der Waals surface area contributed by atoms with E-state index in [9.17, 15) is 0 Å². The van der Waals surface area contributed by atoms with Crippen LogP contribution >= 0.6 is 11.6 Å². The minimum atomic E-state index is 0.323. The molecule has 0 aliphatic carbocycles. The van der Waals surface area contributed by atoms with E-state index in [1.807, 2.05) is 13.0 Å². The molecular weight excluding hydrogens is 274 g/mol. The lowest BCUT2D eigenvalue weighted by molar-refractivity contribution is 0.281. The maximum atomic E-state index is 8.68. The number of alkyl halides is 1. The molecule has 0 aliphatic rings. The SMILES string of the molecule is Cc1c(OCCCCCCCCCO)ccnc1CCl. The quantitative estimate of drug-likeness (QED) is 0.491. The molecular formula is C16H26ClNO2. The Morgan fingerprint density at radius 2 is 1.75 bits per heavy atom. The van der Waals surface area contributed by atoms with E-state index in [-0.39, 0.29) is 0 Å². The molecule has 1 N–H and O–H groups in total. The number of aliphatic hydroxyl groups excluding tert-OH is 1. The molecule has 0 saturated heterocycles. The van der Waals surface area contributed by atoms with Gasteiger partial charge in [-0.05, 0) is 25.8 Å². The summed E-state index contributed by atoms with van der Waals surface area (Å²) in [7, 11) is 0. The number of aliphatic hydroxyl groups is 1. The number of rotatable bonds is 11. The van der Waals surface area contributed by atoms with Crippen molar-refractivity contribution < 1.29 is 9.84 Å². The molecule has 0 aromatic carbocycles. The van der Waals surface area contributed by atoms with Gasteiger partial charge in [-0.25, -0.2) is 0 Å². The molecule has 0 fully saturated rings. The number of halogens is 1. The number of aromatic nitrogens is 1. The largest absolute Gasteiger partial charge is 0.493 e. The molecule has 1 heterocycles. The zero-order valence-electron chi connectivity index (χ0n) is 12.4. The first kappa shape index (κ1) is 17.3. The van der Waals surface area contributed by atoms with E-state index in [2.05, 4.69) is 4.98 Å². The first-order valence-electron chi connectivity index (χ1n) is 7.53. The summed E-state index contributed by atoms with van der Waals surface area (Å²) < 4.78 is 5.79. The topological polar surface area (TPSA) is 42.4 Å². The number of hydrogen-bond donors (Lipinski definition) is 1. The van der Waals surface area contributed by atoms with Gasteiger partial charge in [0.2, 0.25) is 0 Å². The summed E-state index contributed by atoms with van der Waals surface area (Å²) in [6, 6.07) is 1.90. The van der Waals surface area contributed by atoms with Crippen LogP contribution in [0.2, 0.25) is 0 Å². The summed E-state index contributed by atoms with van der Waals surface area (Å²) >= 11 is 5.83. The molecule has 3 nitrogen and oxygen atoms in total. The molecule has 20 heavy (non-hydrogen) atoms. The normalized spacial score (nSPS) is 10.8. The smallest absolute Gasteiger partial charge is 0.125 e. The molecule has 4 heteroatoms. The van der Waals surface area contributed by atoms with Crippen LogP contribution in [0.4, 0.5) is 0 Å². The monoisotopic (exact) mass is 299 g/mol. The molecule has 0 saturated carbocycles. The third-order valence-corrected chi connectivity index (χ3v) is 3.70. The van der Waals surface area contributed by atoms with Crippen LogP contribution in [0.3, 0.4) is 0 Å². The summed E-state index contributed by atoms with van der Waals surface area (Å²) in [6.07, 6.45) is 9.84. The third-order valence-electron chi connectivity index (χ3n) is 3.45. The van der Waals surface area contributed by atoms with Gasteiger partial charge in [0.25, 0.3) is 0 Å². The number of hydrogen-bond acceptors (Lipinski definition) is 3. The third kappa shape index (κ3) is 6.58. The number of pyridine rings is 1. The van der Waals surface area contributed by atoms with Crippen LogP contribution in [0.25, 0.3) is 0 Å². The standard InChI is InChI=1S/C16H26ClNO2/c1-14-15(13-17)18-10-9-16(14)20-12-8-6-4-2-3-5-7-11-19/h9-10,19H,2-8,11-13H2,1H3. The Labute approximate surface area is 127 Å². The second kappa shape index (κ2) is 10.9. The molecule has 0 atom stereocenters. The lowest BCUT2D eigenvalue weighted by Crippen LogP contribution is -2.01. The Morgan fingerprint density at radius 1 is 1.10 bits per heavy atom. The van der Waals surface area contributed by atoms with Gasteiger partial charge in [0.15, 0.2) is 0 Å². The van der Waals surface area contributed by atoms with Crippen molar-refractivity contribution in [1.29, 1.82) is 0 Å². The molecule has 0 spiro atoms. The van der Waals surface area contributed by atoms with Crippen molar-refractivity contribution in [3.05, 3.63) is 23.5 Å². The van der Waals surface area contributed by atoms with Crippen molar-refractivity contribution in [3.63, 3.8) is 0 Å². The summed E-state index contributed by atoms with van der Waals surface area (Å²) in [5, 5.41) is 8.68. The fourth-order valence-electron chi connectivity index (χ4n) is 2.13. The summed E-state index contributed by atoms with van der Waals surface area (Å²) in [6.45, 7) is 3.08. The predicted octanol–water partition coefficient (Wildman–Crippen LogP) is 4.23. The highest BCUT2D eigenvalue weighted by molar-refractivity contribution is 6.17. The Bertz CT molecular complexity index is 371. The molecule has 0 aliphatic heterocycles. The second-order valence-corrected chi connectivity index (χ2v) is 5.33. The van der Waals surface area contributed by atoms with Crippen LogP contribution in [0, 0.1) is 6.92 Å². The highest BCUT2D eigenvalue weighted by Crippen LogP contribution is 2.21. The molecule has 1 rings (SSSR count). The van der Waals surface area contributed by atoms with Gasteiger partial charge in [-0.15, -0.1) is 11.6 Å². The van der Waals surface area contributed by atoms with Gasteiger partial charge in [-0.2, -0.15) is 0 Å². The van der Waals surface area contributed by atoms with Gasteiger partial charge in [0.1, 0.15) is 5.75 Å². The Balaban J connectivity index is 2.09. The molecule has 0 unspecified atom stereocenters. The summed E-state index contributed by atoms with van der Waals surface area (Å²) in [5.74, 6) is 1.33. The van der Waals surface area contributed by atoms with Crippen molar-refractivity contribution in [2.24, 2.45) is 0 Å². The van der Waals surface area contributed by atoms with Crippen molar-refractivity contribution in [2.75, 3.05) is 13.2 Å². The van der Waals surface area contributed by atoms with Gasteiger partial charge < -0.3 is 9.84 Å². The fourth-order valence-corrected chi connectivity index (χ4v) is 2.40. The van der Waals surface area contributed by atoms with E-state index < -0.39 is 0 Å². The maximum Gasteiger partial charge on any atom is 0.125 e. The number of ether oxygens (including phenoxy) is 1. The van der Waals surface area contributed by atoms with E-state index in [1.165, 1.54) is 25.7 Å². The zero-order valence-corrected chi connectivity index (χ0v) is 13.2. The highest BCUT2D eigenvalue weighted by Gasteiger charge is 2.05. The van der Waals surface area contributed by atoms with Crippen molar-refractivity contribution in [2.45, 2.75) is 57.7 Å². The first-order valence-corrected chi connectivity index (χ1v) is 8.07. The molecule has 0 radical (unpaired) electrons. The Morgan fingerprint density at radius 3 is 2.40 bits per heavy atom. The average Bonchev–Trinajstić information content (AvgIpc) is 2.47. The second-order valence-electron chi connectivity index (χ2n) is 5.06. The van der Waals surface area contributed by atoms with Crippen molar-refractivity contribution >= 4 is 11.6 Å². The fraction of sp³-hybridized carbons (Fsp3) is 0.688. The zero-order chi connectivity index (χ0) is 14.6. The van der Waals surface area contributed by atoms with E-state index in [1.54, 1.807) is 6.20 Å². The number of unbranched alkanes of at least 4 members (excludes halogenated alkanes) is 6. The molecule has 0 amide bonds. The van der Waals surface area contributed by atoms with Gasteiger partial charge in [0.05, 0.1) is 18.2 Å². The van der Waals surface area contributed by atoms with Gasteiger partial charge in [0, 0.05) is 18.4 Å². The molecule has 114 valence electrons. The van der Waals surface area contributed by atoms with Gasteiger partial charge >= 0.3 is 0 Å². The summed E-state index contributed by atoms with van der Waals surface area (Å²) in [5.41, 5.74) is 1.94. The molecule has 1 aromatic heterocycles. The van der Waals surface area contributed by atoms with Crippen LogP contribution in [0.15, 0.2) is 12.3 Å². The van der Waals surface area contributed by atoms with Crippen LogP contribution in [-0.2, 0) is 5.88 Å². The molecule has 0 bridgehead atoms. The van der Waals surface area contributed by atoms with E-state index >= 15 is 0 Å². The van der Waals surface area contributed by atoms with Crippen molar-refractivity contribution in [3.8, 4) is 5.75 Å². The van der Waals surface area contributed by atoms with Crippen LogP contribution in [-0.4, -0.2) is 23.3 Å². The average molecular weight is 300 g/mol. The number of nitrogens with zero attached hydrogens (tertiary/aromatic N) is 1. The Hall–Kier alpha value is -0.800. The van der Waals surface area contributed by atoms with Crippen molar-refractivity contribution in [1.82, 2.24) is 4.98 Å². The van der Waals surface area contributed by atoms with Gasteiger partial charge in [-0.1, -0.05) is 32.1 Å². The molecule has 1 aromatic rings. The van der Waals surface area contributed by atoms with Crippen LogP contribution in [0.1, 0.15) is 56.2 Å². The Kier molecular flexibility index (Phi) is 9.42. The highest BCUT2D eigenvalue weighted by atomic mass is 35.5. The first-order chi connectivity index (χ1) is 9.79. The maximum absolute atomic E-state index is 8.68. The van der Waals surface area contributed by atoms with E-state index in [0.717, 1.165) is 42.9 Å². The lowest BCUT2D eigenvalue weighted by atomic mass is 10.1. The lowest BCUT2D eigenvalue weighted by Gasteiger charge is -2.10. The summed E-state index contributed by atoms with van der Waals surface area (Å²) in [4.78, 5) is 4.22. The minimum absolute atomic E-state index is 0.323.